The first-order valence-electron chi connectivity index (χ1n) is 4.69. The number of hydrogen-bond acceptors (Lipinski definition) is 3. The number of benzene rings is 1. The lowest BCUT2D eigenvalue weighted by molar-refractivity contribution is -0.139. The van der Waals surface area contributed by atoms with Gasteiger partial charge >= 0.3 is 5.97 Å². The molecular formula is C11H15NO3. The normalized spacial score (nSPS) is 12.2. The van der Waals surface area contributed by atoms with Crippen LogP contribution >= 0.6 is 0 Å². The maximum atomic E-state index is 10.4. The maximum Gasteiger partial charge on any atom is 0.324 e. The first kappa shape index (κ1) is 11.5. The fourth-order valence-electron chi connectivity index (χ4n) is 1.06. The molecule has 0 spiro atoms. The minimum absolute atomic E-state index is 0.0160. The molecule has 0 bridgehead atoms. The van der Waals surface area contributed by atoms with Gasteiger partial charge in [-0.3, -0.25) is 4.79 Å². The number of aryl methyl sites for hydroxylation is 2. The van der Waals surface area contributed by atoms with Crippen molar-refractivity contribution in [3.8, 4) is 5.75 Å². The van der Waals surface area contributed by atoms with Crippen LogP contribution in [0.25, 0.3) is 0 Å². The number of ether oxygens (including phenoxy) is 1. The zero-order chi connectivity index (χ0) is 11.4. The number of nitrogens with two attached hydrogens (primary N) is 1. The molecule has 1 rings (SSSR count). The Balaban J connectivity index is 2.58. The van der Waals surface area contributed by atoms with Gasteiger partial charge < -0.3 is 15.6 Å². The molecule has 1 aromatic carbocycles. The Morgan fingerprint density at radius 3 is 2.67 bits per heavy atom. The monoisotopic (exact) mass is 209 g/mol. The Morgan fingerprint density at radius 1 is 1.47 bits per heavy atom. The summed E-state index contributed by atoms with van der Waals surface area (Å²) < 4.78 is 5.26. The van der Waals surface area contributed by atoms with E-state index in [0.717, 1.165) is 5.56 Å². The summed E-state index contributed by atoms with van der Waals surface area (Å²) in [7, 11) is 0. The van der Waals surface area contributed by atoms with Crippen molar-refractivity contribution < 1.29 is 14.6 Å². The SMILES string of the molecule is Cc1ccc(OCC(N)C(=O)O)cc1C. The van der Waals surface area contributed by atoms with Gasteiger partial charge in [-0.25, -0.2) is 0 Å². The molecule has 0 aliphatic heterocycles. The van der Waals surface area contributed by atoms with E-state index in [1.165, 1.54) is 5.56 Å². The van der Waals surface area contributed by atoms with Crippen molar-refractivity contribution in [3.05, 3.63) is 29.3 Å². The highest BCUT2D eigenvalue weighted by Crippen LogP contribution is 2.16. The Kier molecular flexibility index (Phi) is 3.68. The van der Waals surface area contributed by atoms with Crippen molar-refractivity contribution in [2.24, 2.45) is 5.73 Å². The smallest absolute Gasteiger partial charge is 0.324 e. The van der Waals surface area contributed by atoms with Gasteiger partial charge in [0, 0.05) is 0 Å². The summed E-state index contributed by atoms with van der Waals surface area (Å²) in [5.74, 6) is -0.409. The summed E-state index contributed by atoms with van der Waals surface area (Å²) in [6.07, 6.45) is 0. The van der Waals surface area contributed by atoms with E-state index in [-0.39, 0.29) is 6.61 Å². The fraction of sp³-hybridized carbons (Fsp3) is 0.364. The van der Waals surface area contributed by atoms with Crippen LogP contribution in [-0.2, 0) is 4.79 Å². The number of hydrogen-bond donors (Lipinski definition) is 2. The molecule has 0 saturated carbocycles. The lowest BCUT2D eigenvalue weighted by Crippen LogP contribution is -2.36. The molecule has 4 nitrogen and oxygen atoms in total. The van der Waals surface area contributed by atoms with Gasteiger partial charge in [-0.05, 0) is 37.1 Å². The second-order valence-corrected chi connectivity index (χ2v) is 3.50. The summed E-state index contributed by atoms with van der Waals surface area (Å²) in [6, 6.07) is 4.62. The van der Waals surface area contributed by atoms with E-state index < -0.39 is 12.0 Å². The van der Waals surface area contributed by atoms with Gasteiger partial charge in [0.2, 0.25) is 0 Å². The number of aliphatic carboxylic acids is 1. The minimum Gasteiger partial charge on any atom is -0.491 e. The highest BCUT2D eigenvalue weighted by atomic mass is 16.5. The topological polar surface area (TPSA) is 72.5 Å². The Morgan fingerprint density at radius 2 is 2.13 bits per heavy atom. The zero-order valence-electron chi connectivity index (χ0n) is 8.86. The van der Waals surface area contributed by atoms with Crippen molar-refractivity contribution in [1.82, 2.24) is 0 Å². The molecule has 4 heteroatoms. The molecule has 82 valence electrons. The molecule has 1 unspecified atom stereocenters. The van der Waals surface area contributed by atoms with Crippen LogP contribution in [0.15, 0.2) is 18.2 Å². The highest BCUT2D eigenvalue weighted by Gasteiger charge is 2.11. The fourth-order valence-corrected chi connectivity index (χ4v) is 1.06. The van der Waals surface area contributed by atoms with Gasteiger partial charge in [0.1, 0.15) is 18.4 Å². The molecule has 1 atom stereocenters. The molecule has 0 saturated heterocycles. The molecule has 0 aliphatic carbocycles. The minimum atomic E-state index is -1.06. The van der Waals surface area contributed by atoms with Crippen LogP contribution in [0.5, 0.6) is 5.75 Å². The van der Waals surface area contributed by atoms with Crippen molar-refractivity contribution in [1.29, 1.82) is 0 Å². The molecular weight excluding hydrogens is 194 g/mol. The first-order chi connectivity index (χ1) is 7.00. The first-order valence-corrected chi connectivity index (χ1v) is 4.69. The van der Waals surface area contributed by atoms with Gasteiger partial charge in [-0.1, -0.05) is 6.07 Å². The predicted octanol–water partition coefficient (Wildman–Crippen LogP) is 1.09. The van der Waals surface area contributed by atoms with E-state index in [1.54, 1.807) is 6.07 Å². The average Bonchev–Trinajstić information content (AvgIpc) is 2.19. The lowest BCUT2D eigenvalue weighted by atomic mass is 10.1. The molecule has 3 N–H and O–H groups in total. The van der Waals surface area contributed by atoms with Gasteiger partial charge in [-0.2, -0.15) is 0 Å². The van der Waals surface area contributed by atoms with Crippen LogP contribution in [0.2, 0.25) is 0 Å². The molecule has 15 heavy (non-hydrogen) atoms. The van der Waals surface area contributed by atoms with E-state index >= 15 is 0 Å². The van der Waals surface area contributed by atoms with E-state index in [0.29, 0.717) is 5.75 Å². The van der Waals surface area contributed by atoms with Crippen LogP contribution < -0.4 is 10.5 Å². The van der Waals surface area contributed by atoms with E-state index in [4.69, 9.17) is 15.6 Å². The average molecular weight is 209 g/mol. The lowest BCUT2D eigenvalue weighted by Gasteiger charge is -2.10. The van der Waals surface area contributed by atoms with Gasteiger partial charge in [0.15, 0.2) is 0 Å². The molecule has 0 radical (unpaired) electrons. The second-order valence-electron chi connectivity index (χ2n) is 3.50. The number of rotatable bonds is 4. The van der Waals surface area contributed by atoms with Crippen LogP contribution in [0.1, 0.15) is 11.1 Å². The van der Waals surface area contributed by atoms with Crippen molar-refractivity contribution in [2.75, 3.05) is 6.61 Å². The van der Waals surface area contributed by atoms with Crippen LogP contribution in [0.3, 0.4) is 0 Å². The largest absolute Gasteiger partial charge is 0.491 e. The summed E-state index contributed by atoms with van der Waals surface area (Å²) >= 11 is 0. The summed E-state index contributed by atoms with van der Waals surface area (Å²) in [4.78, 5) is 10.4. The summed E-state index contributed by atoms with van der Waals surface area (Å²) in [5.41, 5.74) is 7.59. The van der Waals surface area contributed by atoms with Crippen LogP contribution in [-0.4, -0.2) is 23.7 Å². The van der Waals surface area contributed by atoms with E-state index in [1.807, 2.05) is 26.0 Å². The molecule has 0 amide bonds. The molecule has 1 aromatic rings. The van der Waals surface area contributed by atoms with Gasteiger partial charge in [0.25, 0.3) is 0 Å². The summed E-state index contributed by atoms with van der Waals surface area (Å²) in [6.45, 7) is 3.96. The predicted molar refractivity (Wildman–Crippen MR) is 57.0 cm³/mol. The second kappa shape index (κ2) is 4.79. The van der Waals surface area contributed by atoms with E-state index in [9.17, 15) is 4.79 Å². The molecule has 0 heterocycles. The van der Waals surface area contributed by atoms with Crippen LogP contribution in [0, 0.1) is 13.8 Å². The summed E-state index contributed by atoms with van der Waals surface area (Å²) in [5, 5.41) is 8.55. The standard InChI is InChI=1S/C11H15NO3/c1-7-3-4-9(5-8(7)2)15-6-10(12)11(13)14/h3-5,10H,6,12H2,1-2H3,(H,13,14). The molecule has 0 aromatic heterocycles. The third-order valence-electron chi connectivity index (χ3n) is 2.23. The highest BCUT2D eigenvalue weighted by molar-refractivity contribution is 5.73. The Bertz CT molecular complexity index is 363. The third-order valence-corrected chi connectivity index (χ3v) is 2.23. The Labute approximate surface area is 88.7 Å². The van der Waals surface area contributed by atoms with Gasteiger partial charge in [0.05, 0.1) is 0 Å². The number of carboxylic acid groups (broad SMARTS) is 1. The van der Waals surface area contributed by atoms with Crippen LogP contribution in [0.4, 0.5) is 0 Å². The van der Waals surface area contributed by atoms with E-state index in [2.05, 4.69) is 0 Å². The zero-order valence-corrected chi connectivity index (χ0v) is 8.86. The Hall–Kier alpha value is -1.55. The van der Waals surface area contributed by atoms with Gasteiger partial charge in [-0.15, -0.1) is 0 Å². The quantitative estimate of drug-likeness (QED) is 0.778. The van der Waals surface area contributed by atoms with Crippen molar-refractivity contribution in [3.63, 3.8) is 0 Å². The van der Waals surface area contributed by atoms with Crippen molar-refractivity contribution >= 4 is 5.97 Å². The molecule has 0 aliphatic rings. The maximum absolute atomic E-state index is 10.4. The van der Waals surface area contributed by atoms with Crippen molar-refractivity contribution in [2.45, 2.75) is 19.9 Å². The number of carbonyl (C=O) groups is 1. The molecule has 0 fully saturated rings. The number of carboxylic acids is 1. The third kappa shape index (κ3) is 3.25.